The average molecular weight is 469 g/mol. The molecule has 0 bridgehead atoms. The quantitative estimate of drug-likeness (QED) is 0.446. The molecule has 7 heteroatoms. The summed E-state index contributed by atoms with van der Waals surface area (Å²) in [6.07, 6.45) is 7.87. The van der Waals surface area contributed by atoms with Crippen LogP contribution in [0.4, 0.5) is 5.69 Å². The van der Waals surface area contributed by atoms with Crippen molar-refractivity contribution in [2.75, 3.05) is 11.4 Å². The maximum absolute atomic E-state index is 13.7. The van der Waals surface area contributed by atoms with Gasteiger partial charge in [0.2, 0.25) is 0 Å². The van der Waals surface area contributed by atoms with Crippen LogP contribution in [0.15, 0.2) is 47.3 Å². The van der Waals surface area contributed by atoms with Gasteiger partial charge < -0.3 is 9.88 Å². The molecule has 2 aromatic heterocycles. The Morgan fingerprint density at radius 3 is 2.66 bits per heavy atom. The van der Waals surface area contributed by atoms with Crippen molar-refractivity contribution in [3.05, 3.63) is 80.9 Å². The van der Waals surface area contributed by atoms with Crippen molar-refractivity contribution in [3.8, 4) is 0 Å². The number of tetrazole rings is 1. The number of hydrogen-bond acceptors (Lipinski definition) is 5. The number of aromatic amines is 1. The number of para-hydroxylation sites is 1. The molecule has 1 atom stereocenters. The van der Waals surface area contributed by atoms with Gasteiger partial charge in [-0.25, -0.2) is 4.68 Å². The fourth-order valence-electron chi connectivity index (χ4n) is 6.04. The molecule has 2 aliphatic rings. The molecule has 3 heterocycles. The van der Waals surface area contributed by atoms with E-state index in [1.165, 1.54) is 30.5 Å². The number of nitrogens with one attached hydrogen (secondary N) is 1. The van der Waals surface area contributed by atoms with Gasteiger partial charge in [0.25, 0.3) is 5.56 Å². The second-order valence-electron chi connectivity index (χ2n) is 10.1. The van der Waals surface area contributed by atoms with Crippen molar-refractivity contribution in [1.82, 2.24) is 25.2 Å². The number of aryl methyl sites for hydroxylation is 3. The standard InChI is InChI=1S/C28H32N6O/c1-18-14-15-19(2)25-22(18)17-23(28(35)29-25)26(33-16-8-10-20-9-6-7-13-24(20)33)27-30-31-32-34(27)21-11-4-3-5-12-21/h6-7,9,13-15,17,21,26H,3-5,8,10-12,16H2,1-2H3,(H,29,35)/t26-/m0/s1. The molecule has 1 fully saturated rings. The van der Waals surface area contributed by atoms with Gasteiger partial charge in [0, 0.05) is 23.2 Å². The Morgan fingerprint density at radius 1 is 1.00 bits per heavy atom. The average Bonchev–Trinajstić information content (AvgIpc) is 3.37. The van der Waals surface area contributed by atoms with E-state index >= 15 is 0 Å². The molecule has 4 aromatic rings. The summed E-state index contributed by atoms with van der Waals surface area (Å²) in [7, 11) is 0. The third kappa shape index (κ3) is 3.83. The monoisotopic (exact) mass is 468 g/mol. The van der Waals surface area contributed by atoms with E-state index in [2.05, 4.69) is 74.8 Å². The van der Waals surface area contributed by atoms with Crippen LogP contribution in [0.3, 0.4) is 0 Å². The maximum Gasteiger partial charge on any atom is 0.254 e. The first-order valence-electron chi connectivity index (χ1n) is 12.9. The van der Waals surface area contributed by atoms with Gasteiger partial charge in [-0.15, -0.1) is 5.10 Å². The molecular weight excluding hydrogens is 436 g/mol. The van der Waals surface area contributed by atoms with Crippen LogP contribution in [0.5, 0.6) is 0 Å². The Balaban J connectivity index is 1.58. The number of benzene rings is 2. The minimum Gasteiger partial charge on any atom is -0.357 e. The fraction of sp³-hybridized carbons (Fsp3) is 0.429. The van der Waals surface area contributed by atoms with E-state index in [1.807, 2.05) is 11.6 Å². The third-order valence-electron chi connectivity index (χ3n) is 7.91. The zero-order valence-corrected chi connectivity index (χ0v) is 20.5. The van der Waals surface area contributed by atoms with Crippen molar-refractivity contribution in [1.29, 1.82) is 0 Å². The molecule has 6 rings (SSSR count). The van der Waals surface area contributed by atoms with Crippen molar-refractivity contribution >= 4 is 16.6 Å². The van der Waals surface area contributed by atoms with Crippen molar-refractivity contribution in [3.63, 3.8) is 0 Å². The number of hydrogen-bond donors (Lipinski definition) is 1. The maximum atomic E-state index is 13.7. The Morgan fingerprint density at radius 2 is 1.80 bits per heavy atom. The fourth-order valence-corrected chi connectivity index (χ4v) is 6.04. The van der Waals surface area contributed by atoms with Crippen LogP contribution in [0, 0.1) is 13.8 Å². The van der Waals surface area contributed by atoms with Gasteiger partial charge >= 0.3 is 0 Å². The lowest BCUT2D eigenvalue weighted by Crippen LogP contribution is -2.39. The smallest absolute Gasteiger partial charge is 0.254 e. The second-order valence-corrected chi connectivity index (χ2v) is 10.1. The summed E-state index contributed by atoms with van der Waals surface area (Å²) < 4.78 is 2.02. The summed E-state index contributed by atoms with van der Waals surface area (Å²) in [5, 5.41) is 14.3. The molecule has 35 heavy (non-hydrogen) atoms. The molecule has 0 unspecified atom stereocenters. The lowest BCUT2D eigenvalue weighted by atomic mass is 9.93. The molecule has 2 aromatic carbocycles. The van der Waals surface area contributed by atoms with Crippen LogP contribution >= 0.6 is 0 Å². The molecule has 0 radical (unpaired) electrons. The van der Waals surface area contributed by atoms with E-state index < -0.39 is 0 Å². The third-order valence-corrected chi connectivity index (χ3v) is 7.91. The summed E-state index contributed by atoms with van der Waals surface area (Å²) in [5.41, 5.74) is 6.23. The van der Waals surface area contributed by atoms with Crippen LogP contribution in [-0.2, 0) is 6.42 Å². The highest BCUT2D eigenvalue weighted by Gasteiger charge is 2.35. The second kappa shape index (κ2) is 8.95. The zero-order valence-electron chi connectivity index (χ0n) is 20.5. The van der Waals surface area contributed by atoms with E-state index in [0.29, 0.717) is 5.56 Å². The Bertz CT molecular complexity index is 1430. The minimum atomic E-state index is -0.360. The van der Waals surface area contributed by atoms with Crippen LogP contribution < -0.4 is 10.5 Å². The van der Waals surface area contributed by atoms with Gasteiger partial charge in [0.05, 0.1) is 11.6 Å². The molecular formula is C28H32N6O. The van der Waals surface area contributed by atoms with Crippen molar-refractivity contribution < 1.29 is 0 Å². The summed E-state index contributed by atoms with van der Waals surface area (Å²) in [4.78, 5) is 19.3. The molecule has 1 aliphatic carbocycles. The Kier molecular flexibility index (Phi) is 5.63. The molecule has 7 nitrogen and oxygen atoms in total. The van der Waals surface area contributed by atoms with E-state index in [0.717, 1.165) is 60.1 Å². The first kappa shape index (κ1) is 22.0. The van der Waals surface area contributed by atoms with E-state index in [1.54, 1.807) is 0 Å². The molecule has 0 saturated heterocycles. The molecule has 180 valence electrons. The number of pyridine rings is 1. The number of rotatable bonds is 4. The summed E-state index contributed by atoms with van der Waals surface area (Å²) >= 11 is 0. The van der Waals surface area contributed by atoms with Crippen LogP contribution in [0.2, 0.25) is 0 Å². The number of H-pyrrole nitrogens is 1. The number of fused-ring (bicyclic) bond motifs is 2. The predicted molar refractivity (Wildman–Crippen MR) is 138 cm³/mol. The highest BCUT2D eigenvalue weighted by Crippen LogP contribution is 2.38. The molecule has 0 amide bonds. The van der Waals surface area contributed by atoms with Gasteiger partial charge in [-0.1, -0.05) is 49.6 Å². The normalized spacial score (nSPS) is 17.5. The number of aromatic nitrogens is 5. The topological polar surface area (TPSA) is 79.7 Å². The van der Waals surface area contributed by atoms with Gasteiger partial charge in [-0.2, -0.15) is 0 Å². The first-order valence-corrected chi connectivity index (χ1v) is 12.9. The Hall–Kier alpha value is -3.48. The van der Waals surface area contributed by atoms with E-state index in [4.69, 9.17) is 0 Å². The lowest BCUT2D eigenvalue weighted by Gasteiger charge is -2.38. The summed E-state index contributed by atoms with van der Waals surface area (Å²) in [6.45, 7) is 4.99. The highest BCUT2D eigenvalue weighted by atomic mass is 16.1. The lowest BCUT2D eigenvalue weighted by molar-refractivity contribution is 0.313. The molecule has 1 N–H and O–H groups in total. The Labute approximate surface area is 205 Å². The largest absolute Gasteiger partial charge is 0.357 e. The summed E-state index contributed by atoms with van der Waals surface area (Å²) in [5.74, 6) is 0.767. The summed E-state index contributed by atoms with van der Waals surface area (Å²) in [6, 6.07) is 14.7. The van der Waals surface area contributed by atoms with Crippen LogP contribution in [0.1, 0.15) is 78.7 Å². The van der Waals surface area contributed by atoms with Gasteiger partial charge in [-0.3, -0.25) is 4.79 Å². The van der Waals surface area contributed by atoms with Gasteiger partial charge in [-0.05, 0) is 78.8 Å². The zero-order chi connectivity index (χ0) is 23.9. The first-order chi connectivity index (χ1) is 17.1. The molecule has 1 saturated carbocycles. The van der Waals surface area contributed by atoms with Crippen molar-refractivity contribution in [2.45, 2.75) is 70.9 Å². The van der Waals surface area contributed by atoms with E-state index in [9.17, 15) is 4.79 Å². The minimum absolute atomic E-state index is 0.0718. The van der Waals surface area contributed by atoms with Crippen LogP contribution in [0.25, 0.3) is 10.9 Å². The van der Waals surface area contributed by atoms with E-state index in [-0.39, 0.29) is 17.6 Å². The molecule has 0 spiro atoms. The number of nitrogens with zero attached hydrogens (tertiary/aromatic N) is 5. The SMILES string of the molecule is Cc1ccc(C)c2[nH]c(=O)c([C@@H](c3nnnn3C3CCCCC3)N3CCCc4ccccc43)cc12. The van der Waals surface area contributed by atoms with Gasteiger partial charge in [0.15, 0.2) is 5.82 Å². The van der Waals surface area contributed by atoms with Crippen molar-refractivity contribution in [2.24, 2.45) is 0 Å². The van der Waals surface area contributed by atoms with Crippen LogP contribution in [-0.4, -0.2) is 31.7 Å². The molecule has 1 aliphatic heterocycles. The predicted octanol–water partition coefficient (Wildman–Crippen LogP) is 5.18. The van der Waals surface area contributed by atoms with Gasteiger partial charge in [0.1, 0.15) is 6.04 Å². The number of anilines is 1. The highest BCUT2D eigenvalue weighted by molar-refractivity contribution is 5.85.